The van der Waals surface area contributed by atoms with Gasteiger partial charge in [-0.15, -0.1) is 0 Å². The highest BCUT2D eigenvalue weighted by atomic mass is 19.1. The molecule has 3 rings (SSSR count). The summed E-state index contributed by atoms with van der Waals surface area (Å²) in [6, 6.07) is 6.90. The molecule has 2 N–H and O–H groups in total. The Kier molecular flexibility index (Phi) is 5.78. The van der Waals surface area contributed by atoms with E-state index in [4.69, 9.17) is 4.74 Å². The van der Waals surface area contributed by atoms with Crippen molar-refractivity contribution in [1.29, 1.82) is 0 Å². The average Bonchev–Trinajstić information content (AvgIpc) is 3.37. The molecule has 5 nitrogen and oxygen atoms in total. The van der Waals surface area contributed by atoms with Crippen molar-refractivity contribution in [2.45, 2.75) is 57.8 Å². The van der Waals surface area contributed by atoms with Gasteiger partial charge in [-0.1, -0.05) is 6.07 Å². The summed E-state index contributed by atoms with van der Waals surface area (Å²) in [5.74, 6) is 0.742. The number of aliphatic imine (C=N–C) groups is 1. The predicted octanol–water partition coefficient (Wildman–Crippen LogP) is 2.51. The smallest absolute Gasteiger partial charge is 0.191 e. The second-order valence-corrected chi connectivity index (χ2v) is 6.98. The summed E-state index contributed by atoms with van der Waals surface area (Å²) < 4.78 is 19.2. The number of hydrogen-bond donors (Lipinski definition) is 2. The van der Waals surface area contributed by atoms with Crippen LogP contribution in [-0.4, -0.2) is 49.2 Å². The Hall–Kier alpha value is -1.82. The quantitative estimate of drug-likeness (QED) is 0.613. The topological polar surface area (TPSA) is 48.9 Å². The molecule has 1 aliphatic carbocycles. The fourth-order valence-corrected chi connectivity index (χ4v) is 3.58. The molecule has 0 amide bonds. The number of nitrogens with one attached hydrogen (secondary N) is 2. The van der Waals surface area contributed by atoms with E-state index >= 15 is 0 Å². The van der Waals surface area contributed by atoms with Crippen molar-refractivity contribution in [3.8, 4) is 5.75 Å². The minimum atomic E-state index is -0.325. The van der Waals surface area contributed by atoms with Crippen LogP contribution in [-0.2, 0) is 6.54 Å². The Morgan fingerprint density at radius 3 is 2.84 bits per heavy atom. The first-order valence-electron chi connectivity index (χ1n) is 9.24. The van der Waals surface area contributed by atoms with Gasteiger partial charge in [-0.2, -0.15) is 0 Å². The zero-order chi connectivity index (χ0) is 17.8. The van der Waals surface area contributed by atoms with Crippen molar-refractivity contribution in [3.63, 3.8) is 0 Å². The first-order valence-corrected chi connectivity index (χ1v) is 9.24. The lowest BCUT2D eigenvalue weighted by Gasteiger charge is -2.20. The number of ether oxygens (including phenoxy) is 1. The molecule has 1 aromatic carbocycles. The van der Waals surface area contributed by atoms with Crippen LogP contribution in [0.3, 0.4) is 0 Å². The van der Waals surface area contributed by atoms with E-state index in [-0.39, 0.29) is 5.82 Å². The molecule has 0 bridgehead atoms. The van der Waals surface area contributed by atoms with Crippen molar-refractivity contribution in [3.05, 3.63) is 29.6 Å². The second-order valence-electron chi connectivity index (χ2n) is 6.98. The minimum absolute atomic E-state index is 0.300. The summed E-state index contributed by atoms with van der Waals surface area (Å²) in [6.45, 7) is 6.21. The fraction of sp³-hybridized carbons (Fsp3) is 0.632. The van der Waals surface area contributed by atoms with Gasteiger partial charge in [0.25, 0.3) is 0 Å². The molecule has 2 aliphatic rings. The SMILES string of the molecule is CCOc1ccc(CNC(=NC)NC2CC(C)N(C3CC3)C2)cc1F. The first kappa shape index (κ1) is 18.0. The second kappa shape index (κ2) is 8.04. The van der Waals surface area contributed by atoms with Gasteiger partial charge in [-0.05, 0) is 50.8 Å². The van der Waals surface area contributed by atoms with Gasteiger partial charge < -0.3 is 15.4 Å². The summed E-state index contributed by atoms with van der Waals surface area (Å²) in [7, 11) is 1.77. The van der Waals surface area contributed by atoms with E-state index in [0.717, 1.165) is 30.5 Å². The molecule has 2 fully saturated rings. The Bertz CT molecular complexity index is 617. The first-order chi connectivity index (χ1) is 12.1. The molecule has 6 heteroatoms. The maximum atomic E-state index is 13.9. The molecule has 138 valence electrons. The summed E-state index contributed by atoms with van der Waals surface area (Å²) in [5, 5.41) is 6.78. The average molecular weight is 348 g/mol. The van der Waals surface area contributed by atoms with Gasteiger partial charge in [0.15, 0.2) is 17.5 Å². The molecule has 2 atom stereocenters. The standard InChI is InChI=1S/C19H29FN4O/c1-4-25-18-8-5-14(10-17(18)20)11-22-19(21-3)23-15-9-13(2)24(12-15)16-6-7-16/h5,8,10,13,15-16H,4,6-7,9,11-12H2,1-3H3,(H2,21,22,23). The molecule has 0 spiro atoms. The maximum absolute atomic E-state index is 13.9. The van der Waals surface area contributed by atoms with Crippen LogP contribution in [0.2, 0.25) is 0 Å². The van der Waals surface area contributed by atoms with Crippen LogP contribution < -0.4 is 15.4 Å². The number of likely N-dealkylation sites (tertiary alicyclic amines) is 1. The molecule has 2 unspecified atom stereocenters. The number of hydrogen-bond acceptors (Lipinski definition) is 3. The van der Waals surface area contributed by atoms with Crippen molar-refractivity contribution in [2.75, 3.05) is 20.2 Å². The van der Waals surface area contributed by atoms with Gasteiger partial charge in [0.05, 0.1) is 6.61 Å². The van der Waals surface area contributed by atoms with Crippen molar-refractivity contribution >= 4 is 5.96 Å². The van der Waals surface area contributed by atoms with Crippen LogP contribution in [0.1, 0.15) is 38.7 Å². The number of guanidine groups is 1. The molecule has 25 heavy (non-hydrogen) atoms. The maximum Gasteiger partial charge on any atom is 0.191 e. The lowest BCUT2D eigenvalue weighted by atomic mass is 10.2. The van der Waals surface area contributed by atoms with Gasteiger partial charge >= 0.3 is 0 Å². The molecule has 1 saturated carbocycles. The van der Waals surface area contributed by atoms with E-state index < -0.39 is 0 Å². The highest BCUT2D eigenvalue weighted by Crippen LogP contribution is 2.33. The highest BCUT2D eigenvalue weighted by molar-refractivity contribution is 5.80. The van der Waals surface area contributed by atoms with Gasteiger partial charge in [-0.3, -0.25) is 9.89 Å². The van der Waals surface area contributed by atoms with Gasteiger partial charge in [0.1, 0.15) is 0 Å². The number of benzene rings is 1. The summed E-state index contributed by atoms with van der Waals surface area (Å²) in [5.41, 5.74) is 0.864. The van der Waals surface area contributed by atoms with Crippen LogP contribution in [0.5, 0.6) is 5.75 Å². The lowest BCUT2D eigenvalue weighted by Crippen LogP contribution is -2.44. The lowest BCUT2D eigenvalue weighted by molar-refractivity contribution is 0.256. The van der Waals surface area contributed by atoms with E-state index in [1.165, 1.54) is 18.9 Å². The van der Waals surface area contributed by atoms with Crippen LogP contribution in [0.4, 0.5) is 4.39 Å². The zero-order valence-electron chi connectivity index (χ0n) is 15.4. The Morgan fingerprint density at radius 1 is 1.40 bits per heavy atom. The molecule has 1 heterocycles. The molecule has 1 saturated heterocycles. The predicted molar refractivity (Wildman–Crippen MR) is 98.5 cm³/mol. The largest absolute Gasteiger partial charge is 0.491 e. The van der Waals surface area contributed by atoms with Gasteiger partial charge in [0, 0.05) is 38.3 Å². The summed E-state index contributed by atoms with van der Waals surface area (Å²) in [6.07, 6.45) is 3.82. The van der Waals surface area contributed by atoms with Crippen LogP contribution in [0.15, 0.2) is 23.2 Å². The Balaban J connectivity index is 1.50. The number of nitrogens with zero attached hydrogens (tertiary/aromatic N) is 2. The molecule has 1 aromatic rings. The molecule has 0 aromatic heterocycles. The molecular weight excluding hydrogens is 319 g/mol. The van der Waals surface area contributed by atoms with E-state index in [1.54, 1.807) is 13.1 Å². The third kappa shape index (κ3) is 4.63. The van der Waals surface area contributed by atoms with Gasteiger partial charge in [0.2, 0.25) is 0 Å². The van der Waals surface area contributed by atoms with E-state index in [2.05, 4.69) is 27.4 Å². The van der Waals surface area contributed by atoms with E-state index in [0.29, 0.717) is 31.0 Å². The third-order valence-electron chi connectivity index (χ3n) is 4.96. The third-order valence-corrected chi connectivity index (χ3v) is 4.96. The molecule has 0 radical (unpaired) electrons. The molecular formula is C19H29FN4O. The highest BCUT2D eigenvalue weighted by Gasteiger charge is 2.38. The van der Waals surface area contributed by atoms with Crippen molar-refractivity contribution in [2.24, 2.45) is 4.99 Å². The van der Waals surface area contributed by atoms with Gasteiger partial charge in [-0.25, -0.2) is 4.39 Å². The van der Waals surface area contributed by atoms with Crippen molar-refractivity contribution < 1.29 is 9.13 Å². The van der Waals surface area contributed by atoms with Crippen LogP contribution in [0.25, 0.3) is 0 Å². The number of rotatable bonds is 6. The van der Waals surface area contributed by atoms with E-state index in [9.17, 15) is 4.39 Å². The van der Waals surface area contributed by atoms with Crippen LogP contribution >= 0.6 is 0 Å². The van der Waals surface area contributed by atoms with E-state index in [1.807, 2.05) is 13.0 Å². The Labute approximate surface area is 149 Å². The summed E-state index contributed by atoms with van der Waals surface area (Å²) in [4.78, 5) is 6.91. The normalized spacial score (nSPS) is 24.4. The van der Waals surface area contributed by atoms with Crippen LogP contribution in [0, 0.1) is 5.82 Å². The summed E-state index contributed by atoms with van der Waals surface area (Å²) >= 11 is 0. The monoisotopic (exact) mass is 348 g/mol. The minimum Gasteiger partial charge on any atom is -0.491 e. The Morgan fingerprint density at radius 2 is 2.20 bits per heavy atom. The molecule has 1 aliphatic heterocycles. The van der Waals surface area contributed by atoms with Crippen molar-refractivity contribution in [1.82, 2.24) is 15.5 Å². The zero-order valence-corrected chi connectivity index (χ0v) is 15.4. The number of halogens is 1. The fourth-order valence-electron chi connectivity index (χ4n) is 3.58.